The molecule has 0 fully saturated rings. The Balaban J connectivity index is 1.95. The summed E-state index contributed by atoms with van der Waals surface area (Å²) < 4.78 is 21.8. The van der Waals surface area contributed by atoms with Gasteiger partial charge in [0.2, 0.25) is 0 Å². The summed E-state index contributed by atoms with van der Waals surface area (Å²) in [5, 5.41) is 1.27. The average Bonchev–Trinajstić information content (AvgIpc) is 2.81. The van der Waals surface area contributed by atoms with Gasteiger partial charge in [0, 0.05) is 17.4 Å². The Kier molecular flexibility index (Phi) is 3.05. The minimum atomic E-state index is -0.218. The summed E-state index contributed by atoms with van der Waals surface area (Å²) in [4.78, 5) is 0. The van der Waals surface area contributed by atoms with Crippen LogP contribution in [0.3, 0.4) is 0 Å². The molecule has 0 aliphatic carbocycles. The van der Waals surface area contributed by atoms with E-state index in [1.54, 1.807) is 0 Å². The van der Waals surface area contributed by atoms with Gasteiger partial charge in [-0.3, -0.25) is 0 Å². The van der Waals surface area contributed by atoms with Crippen molar-refractivity contribution in [2.75, 3.05) is 0 Å². The second-order valence-electron chi connectivity index (χ2n) is 6.02. The number of hydrogen-bond acceptors (Lipinski definition) is 1. The van der Waals surface area contributed by atoms with Crippen LogP contribution in [0.25, 0.3) is 10.9 Å². The highest BCUT2D eigenvalue weighted by Gasteiger charge is 2.30. The minimum Gasteiger partial charge on any atom is -0.362 e. The molecule has 1 aromatic heterocycles. The molecule has 3 aromatic rings. The van der Waals surface area contributed by atoms with Crippen molar-refractivity contribution >= 4 is 10.9 Å². The molecule has 2 aromatic carbocycles. The zero-order chi connectivity index (χ0) is 15.3. The molecule has 22 heavy (non-hydrogen) atoms. The van der Waals surface area contributed by atoms with E-state index in [4.69, 9.17) is 4.74 Å². The Morgan fingerprint density at radius 1 is 1.09 bits per heavy atom. The van der Waals surface area contributed by atoms with Crippen molar-refractivity contribution in [1.82, 2.24) is 4.57 Å². The summed E-state index contributed by atoms with van der Waals surface area (Å²) in [6.07, 6.45) is -0.0190. The molecule has 0 unspecified atom stereocenters. The van der Waals surface area contributed by atoms with Crippen molar-refractivity contribution < 1.29 is 9.13 Å². The largest absolute Gasteiger partial charge is 0.362 e. The van der Waals surface area contributed by atoms with Crippen LogP contribution in [0, 0.1) is 12.7 Å². The maximum Gasteiger partial charge on any atom is 0.123 e. The number of rotatable bonds is 1. The smallest absolute Gasteiger partial charge is 0.123 e. The first kappa shape index (κ1) is 13.5. The standard InChI is InChI=1S/C19H18FNO/c1-12-11-21-17-6-4-3-5-16(17)13(2)18(21)19(22-12)14-7-9-15(20)10-8-14/h3-10,12,19H,11H2,1-2H3/t12-,19+/m0/s1. The first-order valence-electron chi connectivity index (χ1n) is 7.64. The Morgan fingerprint density at radius 3 is 2.59 bits per heavy atom. The fourth-order valence-corrected chi connectivity index (χ4v) is 3.50. The van der Waals surface area contributed by atoms with E-state index in [-0.39, 0.29) is 18.0 Å². The monoisotopic (exact) mass is 295 g/mol. The molecule has 1 aliphatic rings. The average molecular weight is 295 g/mol. The third kappa shape index (κ3) is 1.97. The van der Waals surface area contributed by atoms with Crippen molar-refractivity contribution in [2.45, 2.75) is 32.6 Å². The predicted octanol–water partition coefficient (Wildman–Crippen LogP) is 4.60. The Bertz CT molecular complexity index is 835. The van der Waals surface area contributed by atoms with Gasteiger partial charge in [0.05, 0.1) is 11.8 Å². The molecular formula is C19H18FNO. The summed E-state index contributed by atoms with van der Waals surface area (Å²) in [6.45, 7) is 5.08. The van der Waals surface area contributed by atoms with Crippen LogP contribution < -0.4 is 0 Å². The van der Waals surface area contributed by atoms with Crippen LogP contribution in [-0.4, -0.2) is 10.7 Å². The number of halogens is 1. The number of ether oxygens (including phenoxy) is 1. The molecule has 0 saturated heterocycles. The number of hydrogen-bond donors (Lipinski definition) is 0. The molecule has 0 saturated carbocycles. The SMILES string of the molecule is Cc1c2n(c3ccccc13)C[C@H](C)O[C@@H]2c1ccc(F)cc1. The molecule has 0 radical (unpaired) electrons. The fraction of sp³-hybridized carbons (Fsp3) is 0.263. The zero-order valence-electron chi connectivity index (χ0n) is 12.7. The zero-order valence-corrected chi connectivity index (χ0v) is 12.7. The minimum absolute atomic E-state index is 0.123. The van der Waals surface area contributed by atoms with Gasteiger partial charge in [0.25, 0.3) is 0 Å². The molecule has 2 nitrogen and oxygen atoms in total. The lowest BCUT2D eigenvalue weighted by molar-refractivity contribution is -0.0146. The van der Waals surface area contributed by atoms with Crippen molar-refractivity contribution in [2.24, 2.45) is 0 Å². The van der Waals surface area contributed by atoms with E-state index in [0.717, 1.165) is 12.1 Å². The lowest BCUT2D eigenvalue weighted by Gasteiger charge is -2.31. The van der Waals surface area contributed by atoms with Gasteiger partial charge in [-0.1, -0.05) is 30.3 Å². The van der Waals surface area contributed by atoms with Crippen molar-refractivity contribution in [1.29, 1.82) is 0 Å². The van der Waals surface area contributed by atoms with Crippen LogP contribution in [0.5, 0.6) is 0 Å². The van der Waals surface area contributed by atoms with Crippen molar-refractivity contribution in [3.8, 4) is 0 Å². The summed E-state index contributed by atoms with van der Waals surface area (Å²) >= 11 is 0. The van der Waals surface area contributed by atoms with E-state index in [1.165, 1.54) is 34.3 Å². The van der Waals surface area contributed by atoms with E-state index >= 15 is 0 Å². The molecule has 2 heterocycles. The number of nitrogens with zero attached hydrogens (tertiary/aromatic N) is 1. The van der Waals surface area contributed by atoms with Crippen LogP contribution in [-0.2, 0) is 11.3 Å². The molecule has 2 atom stereocenters. The van der Waals surface area contributed by atoms with Gasteiger partial charge in [-0.2, -0.15) is 0 Å². The molecule has 4 rings (SSSR count). The van der Waals surface area contributed by atoms with Gasteiger partial charge in [-0.25, -0.2) is 4.39 Å². The van der Waals surface area contributed by atoms with Crippen LogP contribution in [0.4, 0.5) is 4.39 Å². The van der Waals surface area contributed by atoms with Gasteiger partial charge in [-0.05, 0) is 43.2 Å². The predicted molar refractivity (Wildman–Crippen MR) is 85.5 cm³/mol. The van der Waals surface area contributed by atoms with Crippen molar-refractivity contribution in [3.05, 3.63) is 71.2 Å². The third-order valence-electron chi connectivity index (χ3n) is 4.50. The summed E-state index contributed by atoms with van der Waals surface area (Å²) in [5.41, 5.74) is 4.68. The Morgan fingerprint density at radius 2 is 1.82 bits per heavy atom. The van der Waals surface area contributed by atoms with Gasteiger partial charge in [-0.15, -0.1) is 0 Å². The lowest BCUT2D eigenvalue weighted by atomic mass is 10.0. The van der Waals surface area contributed by atoms with Gasteiger partial charge in [0.1, 0.15) is 11.9 Å². The highest BCUT2D eigenvalue weighted by molar-refractivity contribution is 5.85. The van der Waals surface area contributed by atoms with Gasteiger partial charge >= 0.3 is 0 Å². The van der Waals surface area contributed by atoms with Gasteiger partial charge in [0.15, 0.2) is 0 Å². The van der Waals surface area contributed by atoms with Crippen LogP contribution in [0.15, 0.2) is 48.5 Å². The molecule has 0 N–H and O–H groups in total. The quantitative estimate of drug-likeness (QED) is 0.640. The van der Waals surface area contributed by atoms with Crippen LogP contribution in [0.1, 0.15) is 29.8 Å². The molecule has 112 valence electrons. The number of benzene rings is 2. The number of para-hydroxylation sites is 1. The first-order valence-corrected chi connectivity index (χ1v) is 7.64. The number of aryl methyl sites for hydroxylation is 1. The maximum absolute atomic E-state index is 13.2. The Labute approximate surface area is 129 Å². The maximum atomic E-state index is 13.2. The normalized spacial score (nSPS) is 21.0. The molecule has 0 bridgehead atoms. The van der Waals surface area contributed by atoms with E-state index in [1.807, 2.05) is 12.1 Å². The molecule has 0 spiro atoms. The third-order valence-corrected chi connectivity index (χ3v) is 4.50. The second-order valence-corrected chi connectivity index (χ2v) is 6.02. The Hall–Kier alpha value is -2.13. The molecule has 1 aliphatic heterocycles. The second kappa shape index (κ2) is 4.96. The van der Waals surface area contributed by atoms with Gasteiger partial charge < -0.3 is 9.30 Å². The fourth-order valence-electron chi connectivity index (χ4n) is 3.50. The van der Waals surface area contributed by atoms with Crippen LogP contribution in [0.2, 0.25) is 0 Å². The molecular weight excluding hydrogens is 277 g/mol. The van der Waals surface area contributed by atoms with E-state index in [9.17, 15) is 4.39 Å². The lowest BCUT2D eigenvalue weighted by Crippen LogP contribution is -2.29. The van der Waals surface area contributed by atoms with E-state index in [0.29, 0.717) is 0 Å². The summed E-state index contributed by atoms with van der Waals surface area (Å²) in [7, 11) is 0. The molecule has 0 amide bonds. The van der Waals surface area contributed by atoms with Crippen molar-refractivity contribution in [3.63, 3.8) is 0 Å². The number of fused-ring (bicyclic) bond motifs is 3. The topological polar surface area (TPSA) is 14.2 Å². The van der Waals surface area contributed by atoms with Crippen LogP contribution >= 0.6 is 0 Å². The highest BCUT2D eigenvalue weighted by Crippen LogP contribution is 2.39. The van der Waals surface area contributed by atoms with E-state index in [2.05, 4.69) is 42.7 Å². The molecule has 3 heteroatoms. The highest BCUT2D eigenvalue weighted by atomic mass is 19.1. The summed E-state index contributed by atoms with van der Waals surface area (Å²) in [5.74, 6) is -0.218. The van der Waals surface area contributed by atoms with E-state index < -0.39 is 0 Å². The number of aromatic nitrogens is 1. The summed E-state index contributed by atoms with van der Waals surface area (Å²) in [6, 6.07) is 15.1. The first-order chi connectivity index (χ1) is 10.6.